The highest BCUT2D eigenvalue weighted by atomic mass is 19.1. The molecule has 1 aromatic carbocycles. The second kappa shape index (κ2) is 5.81. The van der Waals surface area contributed by atoms with Gasteiger partial charge in [0, 0.05) is 6.54 Å². The van der Waals surface area contributed by atoms with Gasteiger partial charge in [-0.1, -0.05) is 6.42 Å². The van der Waals surface area contributed by atoms with E-state index in [1.807, 2.05) is 11.0 Å². The topological polar surface area (TPSA) is 70.1 Å². The van der Waals surface area contributed by atoms with Crippen molar-refractivity contribution >= 4 is 5.91 Å². The van der Waals surface area contributed by atoms with Gasteiger partial charge in [-0.25, -0.2) is 4.39 Å². The minimum atomic E-state index is -0.429. The van der Waals surface area contributed by atoms with E-state index in [9.17, 15) is 9.18 Å². The molecule has 0 bridgehead atoms. The quantitative estimate of drug-likeness (QED) is 0.897. The summed E-state index contributed by atoms with van der Waals surface area (Å²) >= 11 is 0. The lowest BCUT2D eigenvalue weighted by atomic mass is 10.0. The zero-order valence-corrected chi connectivity index (χ0v) is 10.6. The molecular weight excluding hydrogens is 245 g/mol. The Morgan fingerprint density at radius 1 is 1.47 bits per heavy atom. The van der Waals surface area contributed by atoms with Gasteiger partial charge in [0.15, 0.2) is 0 Å². The number of nitrogens with zero attached hydrogens (tertiary/aromatic N) is 2. The summed E-state index contributed by atoms with van der Waals surface area (Å²) in [6, 6.07) is 5.88. The Morgan fingerprint density at radius 2 is 2.26 bits per heavy atom. The summed E-state index contributed by atoms with van der Waals surface area (Å²) in [4.78, 5) is 13.4. The first kappa shape index (κ1) is 13.5. The van der Waals surface area contributed by atoms with Crippen molar-refractivity contribution < 1.29 is 9.18 Å². The van der Waals surface area contributed by atoms with Gasteiger partial charge in [-0.2, -0.15) is 5.26 Å². The Labute approximate surface area is 111 Å². The summed E-state index contributed by atoms with van der Waals surface area (Å²) in [6.07, 6.45) is 2.73. The summed E-state index contributed by atoms with van der Waals surface area (Å²) in [5.74, 6) is -0.765. The minimum Gasteiger partial charge on any atom is -0.368 e. The normalized spacial score (nSPS) is 19.9. The van der Waals surface area contributed by atoms with Crippen LogP contribution in [0.2, 0.25) is 0 Å². The molecule has 1 unspecified atom stereocenters. The number of hydrogen-bond donors (Lipinski definition) is 1. The van der Waals surface area contributed by atoms with E-state index >= 15 is 0 Å². The van der Waals surface area contributed by atoms with E-state index in [0.29, 0.717) is 17.7 Å². The molecule has 100 valence electrons. The van der Waals surface area contributed by atoms with Crippen LogP contribution in [0.1, 0.15) is 30.4 Å². The molecule has 0 radical (unpaired) electrons. The molecule has 1 aromatic rings. The largest absolute Gasteiger partial charge is 0.368 e. The zero-order valence-electron chi connectivity index (χ0n) is 10.6. The smallest absolute Gasteiger partial charge is 0.234 e. The average Bonchev–Trinajstić information content (AvgIpc) is 2.38. The van der Waals surface area contributed by atoms with Crippen molar-refractivity contribution in [1.82, 2.24) is 4.90 Å². The Kier molecular flexibility index (Phi) is 4.13. The number of benzene rings is 1. The van der Waals surface area contributed by atoms with E-state index in [4.69, 9.17) is 11.0 Å². The van der Waals surface area contributed by atoms with E-state index < -0.39 is 5.82 Å². The van der Waals surface area contributed by atoms with Crippen LogP contribution in [0.4, 0.5) is 4.39 Å². The molecule has 1 aliphatic rings. The monoisotopic (exact) mass is 261 g/mol. The van der Waals surface area contributed by atoms with Crippen molar-refractivity contribution in [1.29, 1.82) is 5.26 Å². The first-order valence-electron chi connectivity index (χ1n) is 6.33. The van der Waals surface area contributed by atoms with Crippen LogP contribution in [0, 0.1) is 17.1 Å². The number of primary amides is 1. The van der Waals surface area contributed by atoms with Gasteiger partial charge in [0.25, 0.3) is 0 Å². The fraction of sp³-hybridized carbons (Fsp3) is 0.429. The second-order valence-corrected chi connectivity index (χ2v) is 4.84. The molecule has 19 heavy (non-hydrogen) atoms. The van der Waals surface area contributed by atoms with Crippen molar-refractivity contribution in [2.24, 2.45) is 5.73 Å². The summed E-state index contributed by atoms with van der Waals surface area (Å²) < 4.78 is 13.4. The number of amides is 1. The molecule has 0 aromatic heterocycles. The fourth-order valence-corrected chi connectivity index (χ4v) is 2.54. The molecule has 2 rings (SSSR count). The van der Waals surface area contributed by atoms with Crippen LogP contribution in [-0.4, -0.2) is 23.4 Å². The van der Waals surface area contributed by atoms with Crippen molar-refractivity contribution in [3.05, 3.63) is 35.1 Å². The number of carbonyl (C=O) groups excluding carboxylic acids is 1. The Morgan fingerprint density at radius 3 is 2.95 bits per heavy atom. The lowest BCUT2D eigenvalue weighted by Gasteiger charge is -2.33. The summed E-state index contributed by atoms with van der Waals surface area (Å²) in [5, 5.41) is 8.83. The number of carbonyl (C=O) groups is 1. The maximum absolute atomic E-state index is 13.4. The molecule has 0 spiro atoms. The molecule has 1 saturated heterocycles. The third-order valence-electron chi connectivity index (χ3n) is 3.41. The van der Waals surface area contributed by atoms with Gasteiger partial charge in [0.2, 0.25) is 5.91 Å². The average molecular weight is 261 g/mol. The van der Waals surface area contributed by atoms with E-state index in [1.165, 1.54) is 12.1 Å². The second-order valence-electron chi connectivity index (χ2n) is 4.84. The van der Waals surface area contributed by atoms with Gasteiger partial charge >= 0.3 is 0 Å². The van der Waals surface area contributed by atoms with Crippen molar-refractivity contribution in [3.63, 3.8) is 0 Å². The van der Waals surface area contributed by atoms with Crippen LogP contribution in [0.5, 0.6) is 0 Å². The van der Waals surface area contributed by atoms with Gasteiger partial charge in [0.05, 0.1) is 17.7 Å². The molecule has 2 N–H and O–H groups in total. The van der Waals surface area contributed by atoms with Crippen molar-refractivity contribution in [2.45, 2.75) is 31.8 Å². The van der Waals surface area contributed by atoms with Crippen LogP contribution >= 0.6 is 0 Å². The molecule has 0 aliphatic carbocycles. The molecule has 1 amide bonds. The van der Waals surface area contributed by atoms with E-state index in [1.54, 1.807) is 6.07 Å². The maximum atomic E-state index is 13.4. The van der Waals surface area contributed by atoms with Crippen LogP contribution in [-0.2, 0) is 11.3 Å². The van der Waals surface area contributed by atoms with Crippen LogP contribution < -0.4 is 5.73 Å². The van der Waals surface area contributed by atoms with E-state index in [2.05, 4.69) is 0 Å². The van der Waals surface area contributed by atoms with Crippen molar-refractivity contribution in [2.75, 3.05) is 6.54 Å². The molecule has 0 saturated carbocycles. The minimum absolute atomic E-state index is 0.289. The third-order valence-corrected chi connectivity index (χ3v) is 3.41. The number of hydrogen-bond acceptors (Lipinski definition) is 3. The van der Waals surface area contributed by atoms with Gasteiger partial charge in [-0.3, -0.25) is 9.69 Å². The van der Waals surface area contributed by atoms with Crippen LogP contribution in [0.15, 0.2) is 18.2 Å². The first-order valence-corrected chi connectivity index (χ1v) is 6.33. The van der Waals surface area contributed by atoms with Crippen LogP contribution in [0.3, 0.4) is 0 Å². The fourth-order valence-electron chi connectivity index (χ4n) is 2.54. The number of nitriles is 1. The third kappa shape index (κ3) is 3.30. The maximum Gasteiger partial charge on any atom is 0.234 e. The molecule has 4 nitrogen and oxygen atoms in total. The lowest BCUT2D eigenvalue weighted by Crippen LogP contribution is -2.47. The first-order chi connectivity index (χ1) is 9.10. The summed E-state index contributed by atoms with van der Waals surface area (Å²) in [5.41, 5.74) is 6.38. The standard InChI is InChI=1S/C14H16FN3O/c15-12-6-10(8-16)5-11(7-12)9-18-4-2-1-3-13(18)14(17)19/h5-7,13H,1-4,9H2,(H2,17,19). The summed E-state index contributed by atoms with van der Waals surface area (Å²) in [6.45, 7) is 1.21. The molecule has 1 heterocycles. The van der Waals surface area contributed by atoms with Gasteiger partial charge in [-0.05, 0) is 43.1 Å². The molecule has 1 fully saturated rings. The van der Waals surface area contributed by atoms with Crippen molar-refractivity contribution in [3.8, 4) is 6.07 Å². The highest BCUT2D eigenvalue weighted by molar-refractivity contribution is 5.79. The Bertz CT molecular complexity index is 524. The lowest BCUT2D eigenvalue weighted by molar-refractivity contribution is -0.124. The highest BCUT2D eigenvalue weighted by Gasteiger charge is 2.26. The molecule has 1 atom stereocenters. The van der Waals surface area contributed by atoms with E-state index in [-0.39, 0.29) is 11.9 Å². The number of likely N-dealkylation sites (tertiary alicyclic amines) is 1. The SMILES string of the molecule is N#Cc1cc(F)cc(CN2CCCCC2C(N)=O)c1. The predicted molar refractivity (Wildman–Crippen MR) is 68.4 cm³/mol. The number of nitrogens with two attached hydrogens (primary N) is 1. The predicted octanol–water partition coefficient (Wildman–Crippen LogP) is 1.54. The Balaban J connectivity index is 2.17. The molecule has 5 heteroatoms. The molecular formula is C14H16FN3O. The highest BCUT2D eigenvalue weighted by Crippen LogP contribution is 2.20. The molecule has 1 aliphatic heterocycles. The number of halogens is 1. The van der Waals surface area contributed by atoms with Gasteiger partial charge in [-0.15, -0.1) is 0 Å². The van der Waals surface area contributed by atoms with Gasteiger partial charge in [0.1, 0.15) is 5.82 Å². The van der Waals surface area contributed by atoms with Gasteiger partial charge < -0.3 is 5.73 Å². The van der Waals surface area contributed by atoms with Crippen LogP contribution in [0.25, 0.3) is 0 Å². The Hall–Kier alpha value is -1.93. The number of piperidine rings is 1. The number of rotatable bonds is 3. The zero-order chi connectivity index (χ0) is 13.8. The van der Waals surface area contributed by atoms with E-state index in [0.717, 1.165) is 25.8 Å². The summed E-state index contributed by atoms with van der Waals surface area (Å²) in [7, 11) is 0.